The molecule has 0 spiro atoms. The van der Waals surface area contributed by atoms with Crippen molar-refractivity contribution in [3.8, 4) is 0 Å². The smallest absolute Gasteiger partial charge is 0.129 e. The number of hydrogen-bond acceptors (Lipinski definition) is 2. The van der Waals surface area contributed by atoms with E-state index < -0.39 is 11.6 Å². The third kappa shape index (κ3) is 7.05. The van der Waals surface area contributed by atoms with Crippen molar-refractivity contribution in [3.63, 3.8) is 0 Å². The Hall–Kier alpha value is -2.36. The summed E-state index contributed by atoms with van der Waals surface area (Å²) in [6.45, 7) is 3.94. The van der Waals surface area contributed by atoms with Crippen LogP contribution in [-0.2, 0) is 12.8 Å². The van der Waals surface area contributed by atoms with E-state index in [9.17, 15) is 8.78 Å². The Morgan fingerprint density at radius 2 is 1.37 bits per heavy atom. The minimum absolute atomic E-state index is 0.0982. The summed E-state index contributed by atoms with van der Waals surface area (Å²) in [5.74, 6) is -1.10. The zero-order chi connectivity index (χ0) is 19.5. The topological polar surface area (TPSA) is 24.7 Å². The molecule has 0 N–H and O–H groups in total. The molecule has 0 aliphatic rings. The molecule has 0 unspecified atom stereocenters. The summed E-state index contributed by atoms with van der Waals surface area (Å²) in [4.78, 5) is 0. The van der Waals surface area contributed by atoms with Crippen molar-refractivity contribution in [3.05, 3.63) is 70.3 Å². The second-order valence-electron chi connectivity index (χ2n) is 6.71. The molecule has 0 radical (unpaired) electrons. The van der Waals surface area contributed by atoms with Crippen LogP contribution in [0.25, 0.3) is 0 Å². The quantitative estimate of drug-likeness (QED) is 0.259. The molecule has 2 rings (SSSR count). The van der Waals surface area contributed by atoms with E-state index in [1.165, 1.54) is 56.0 Å². The Morgan fingerprint density at radius 3 is 1.96 bits per heavy atom. The van der Waals surface area contributed by atoms with Gasteiger partial charge in [0.25, 0.3) is 0 Å². The van der Waals surface area contributed by atoms with Gasteiger partial charge in [0.15, 0.2) is 0 Å². The standard InChI is InChI=1S/C23H28F2N2/c1-3-5-6-7-8-9-18-10-12-19(13-11-18)16-26-27-17-20-14-22(24)21(4-2)23(25)15-20/h10-17H,3-9H2,1-2H3. The minimum Gasteiger partial charge on any atom is -0.207 e. The van der Waals surface area contributed by atoms with E-state index >= 15 is 0 Å². The molecule has 144 valence electrons. The molecule has 0 fully saturated rings. The van der Waals surface area contributed by atoms with E-state index in [1.807, 2.05) is 12.1 Å². The maximum absolute atomic E-state index is 13.7. The van der Waals surface area contributed by atoms with Crippen LogP contribution in [-0.4, -0.2) is 12.4 Å². The van der Waals surface area contributed by atoms with E-state index in [0.29, 0.717) is 12.0 Å². The molecule has 0 saturated heterocycles. The van der Waals surface area contributed by atoms with Gasteiger partial charge >= 0.3 is 0 Å². The van der Waals surface area contributed by atoms with Crippen molar-refractivity contribution in [2.75, 3.05) is 0 Å². The minimum atomic E-state index is -0.548. The Kier molecular flexibility index (Phi) is 8.82. The van der Waals surface area contributed by atoms with Crippen LogP contribution in [0.3, 0.4) is 0 Å². The van der Waals surface area contributed by atoms with E-state index in [4.69, 9.17) is 0 Å². The SMILES string of the molecule is CCCCCCCc1ccc(C=NN=Cc2cc(F)c(CC)c(F)c2)cc1. The summed E-state index contributed by atoms with van der Waals surface area (Å²) >= 11 is 0. The highest BCUT2D eigenvalue weighted by atomic mass is 19.1. The predicted octanol–water partition coefficient (Wildman–Crippen LogP) is 6.49. The van der Waals surface area contributed by atoms with E-state index in [-0.39, 0.29) is 5.56 Å². The number of hydrogen-bond donors (Lipinski definition) is 0. The highest BCUT2D eigenvalue weighted by molar-refractivity contribution is 5.82. The highest BCUT2D eigenvalue weighted by Gasteiger charge is 2.08. The van der Waals surface area contributed by atoms with Gasteiger partial charge in [-0.25, -0.2) is 8.78 Å². The third-order valence-electron chi connectivity index (χ3n) is 4.55. The molecule has 0 heterocycles. The van der Waals surface area contributed by atoms with E-state index in [0.717, 1.165) is 12.0 Å². The highest BCUT2D eigenvalue weighted by Crippen LogP contribution is 2.15. The van der Waals surface area contributed by atoms with Crippen molar-refractivity contribution in [1.29, 1.82) is 0 Å². The molecule has 0 aromatic heterocycles. The van der Waals surface area contributed by atoms with Crippen molar-refractivity contribution in [2.24, 2.45) is 10.2 Å². The average Bonchev–Trinajstić information content (AvgIpc) is 2.66. The zero-order valence-corrected chi connectivity index (χ0v) is 16.2. The normalized spacial score (nSPS) is 11.7. The molecule has 2 aromatic rings. The summed E-state index contributed by atoms with van der Waals surface area (Å²) in [6, 6.07) is 10.8. The van der Waals surface area contributed by atoms with Crippen LogP contribution in [0.4, 0.5) is 8.78 Å². The summed E-state index contributed by atoms with van der Waals surface area (Å²) in [7, 11) is 0. The molecule has 0 aliphatic heterocycles. The van der Waals surface area contributed by atoms with Gasteiger partial charge < -0.3 is 0 Å². The molecule has 0 aliphatic carbocycles. The monoisotopic (exact) mass is 370 g/mol. The fourth-order valence-electron chi connectivity index (χ4n) is 2.94. The lowest BCUT2D eigenvalue weighted by molar-refractivity contribution is 0.558. The number of nitrogens with zero attached hydrogens (tertiary/aromatic N) is 2. The summed E-state index contributed by atoms with van der Waals surface area (Å²) in [6.07, 6.45) is 10.8. The van der Waals surface area contributed by atoms with Crippen LogP contribution < -0.4 is 0 Å². The van der Waals surface area contributed by atoms with Crippen LogP contribution in [0, 0.1) is 11.6 Å². The van der Waals surface area contributed by atoms with Crippen LogP contribution >= 0.6 is 0 Å². The second kappa shape index (κ2) is 11.4. The van der Waals surface area contributed by atoms with Crippen LogP contribution in [0.1, 0.15) is 68.2 Å². The number of aryl methyl sites for hydroxylation is 1. The van der Waals surface area contributed by atoms with Gasteiger partial charge in [0.2, 0.25) is 0 Å². The lowest BCUT2D eigenvalue weighted by atomic mass is 10.0. The molecule has 0 atom stereocenters. The molecule has 0 saturated carbocycles. The first kappa shape index (κ1) is 20.9. The summed E-state index contributed by atoms with van der Waals surface area (Å²) in [5, 5.41) is 7.85. The van der Waals surface area contributed by atoms with Crippen LogP contribution in [0.2, 0.25) is 0 Å². The lowest BCUT2D eigenvalue weighted by Gasteiger charge is -2.02. The number of rotatable bonds is 10. The van der Waals surface area contributed by atoms with E-state index in [2.05, 4.69) is 29.3 Å². The predicted molar refractivity (Wildman–Crippen MR) is 110 cm³/mol. The Labute approximate surface area is 161 Å². The Morgan fingerprint density at radius 1 is 0.778 bits per heavy atom. The molecule has 4 heteroatoms. The van der Waals surface area contributed by atoms with Crippen molar-refractivity contribution in [1.82, 2.24) is 0 Å². The fourth-order valence-corrected chi connectivity index (χ4v) is 2.94. The van der Waals surface area contributed by atoms with E-state index in [1.54, 1.807) is 13.1 Å². The van der Waals surface area contributed by atoms with Crippen molar-refractivity contribution < 1.29 is 8.78 Å². The van der Waals surface area contributed by atoms with Gasteiger partial charge in [0, 0.05) is 11.1 Å². The second-order valence-corrected chi connectivity index (χ2v) is 6.71. The van der Waals surface area contributed by atoms with Crippen molar-refractivity contribution >= 4 is 12.4 Å². The molecular weight excluding hydrogens is 342 g/mol. The maximum Gasteiger partial charge on any atom is 0.129 e. The summed E-state index contributed by atoms with van der Waals surface area (Å²) < 4.78 is 27.5. The molecule has 0 amide bonds. The summed E-state index contributed by atoms with van der Waals surface area (Å²) in [5.41, 5.74) is 2.73. The average molecular weight is 370 g/mol. The first-order valence-electron chi connectivity index (χ1n) is 9.77. The first-order valence-corrected chi connectivity index (χ1v) is 9.77. The Balaban J connectivity index is 1.86. The van der Waals surface area contributed by atoms with Gasteiger partial charge in [-0.3, -0.25) is 0 Å². The lowest BCUT2D eigenvalue weighted by Crippen LogP contribution is -1.96. The Bertz CT molecular complexity index is 741. The van der Waals surface area contributed by atoms with Gasteiger partial charge in [-0.15, -0.1) is 0 Å². The number of benzene rings is 2. The molecule has 2 nitrogen and oxygen atoms in total. The molecular formula is C23H28F2N2. The van der Waals surface area contributed by atoms with Crippen LogP contribution in [0.5, 0.6) is 0 Å². The van der Waals surface area contributed by atoms with Gasteiger partial charge in [-0.05, 0) is 42.5 Å². The fraction of sp³-hybridized carbons (Fsp3) is 0.391. The van der Waals surface area contributed by atoms with Crippen LogP contribution in [0.15, 0.2) is 46.6 Å². The third-order valence-corrected chi connectivity index (χ3v) is 4.55. The number of halogens is 2. The van der Waals surface area contributed by atoms with Crippen molar-refractivity contribution in [2.45, 2.75) is 58.8 Å². The first-order chi connectivity index (χ1) is 13.1. The largest absolute Gasteiger partial charge is 0.207 e. The maximum atomic E-state index is 13.7. The van der Waals surface area contributed by atoms with Gasteiger partial charge in [0.05, 0.1) is 12.4 Å². The van der Waals surface area contributed by atoms with Gasteiger partial charge in [0.1, 0.15) is 11.6 Å². The molecule has 2 aromatic carbocycles. The van der Waals surface area contributed by atoms with Gasteiger partial charge in [-0.2, -0.15) is 10.2 Å². The number of unbranched alkanes of at least 4 members (excludes halogenated alkanes) is 4. The molecule has 27 heavy (non-hydrogen) atoms. The van der Waals surface area contributed by atoms with Gasteiger partial charge in [-0.1, -0.05) is 63.8 Å². The molecule has 0 bridgehead atoms. The zero-order valence-electron chi connectivity index (χ0n) is 16.2.